The van der Waals surface area contributed by atoms with Crippen molar-refractivity contribution in [3.8, 4) is 11.5 Å². The Labute approximate surface area is 126 Å². The van der Waals surface area contributed by atoms with E-state index in [2.05, 4.69) is 42.2 Å². The Morgan fingerprint density at radius 3 is 2.24 bits per heavy atom. The van der Waals surface area contributed by atoms with Crippen molar-refractivity contribution in [3.05, 3.63) is 48.0 Å². The van der Waals surface area contributed by atoms with Gasteiger partial charge in [0.1, 0.15) is 0 Å². The number of aryl methyl sites for hydroxylation is 1. The van der Waals surface area contributed by atoms with Gasteiger partial charge < -0.3 is 14.4 Å². The highest BCUT2D eigenvalue weighted by molar-refractivity contribution is 5.77. The molecule has 2 aromatic carbocycles. The first-order valence-corrected chi connectivity index (χ1v) is 7.32. The minimum Gasteiger partial charge on any atom is -0.493 e. The molecule has 0 unspecified atom stereocenters. The summed E-state index contributed by atoms with van der Waals surface area (Å²) < 4.78 is 11.1. The van der Waals surface area contributed by atoms with Gasteiger partial charge in [-0.25, -0.2) is 0 Å². The van der Waals surface area contributed by atoms with Crippen molar-refractivity contribution in [2.75, 3.05) is 19.1 Å². The molecule has 3 nitrogen and oxygen atoms in total. The second kappa shape index (κ2) is 5.68. The van der Waals surface area contributed by atoms with Crippen LogP contribution >= 0.6 is 0 Å². The summed E-state index contributed by atoms with van der Waals surface area (Å²) >= 11 is 0. The maximum atomic E-state index is 5.66. The summed E-state index contributed by atoms with van der Waals surface area (Å²) in [6, 6.07) is 15.1. The summed E-state index contributed by atoms with van der Waals surface area (Å²) in [5.41, 5.74) is 3.52. The van der Waals surface area contributed by atoms with E-state index in [-0.39, 0.29) is 0 Å². The Balaban J connectivity index is 2.16. The third-order valence-corrected chi connectivity index (χ3v) is 3.91. The molecule has 3 heteroatoms. The first-order chi connectivity index (χ1) is 10.3. The number of para-hydroxylation sites is 1. The van der Waals surface area contributed by atoms with Gasteiger partial charge in [-0.1, -0.05) is 24.3 Å². The molecule has 1 aliphatic carbocycles. The minimum absolute atomic E-state index is 0.548. The summed E-state index contributed by atoms with van der Waals surface area (Å²) in [5.74, 6) is 1.59. The van der Waals surface area contributed by atoms with Gasteiger partial charge in [0.05, 0.1) is 19.9 Å². The number of ether oxygens (including phenoxy) is 2. The van der Waals surface area contributed by atoms with Crippen molar-refractivity contribution in [3.63, 3.8) is 0 Å². The van der Waals surface area contributed by atoms with Crippen molar-refractivity contribution in [2.24, 2.45) is 0 Å². The molecular formula is C18H21NO2. The molecule has 21 heavy (non-hydrogen) atoms. The van der Waals surface area contributed by atoms with Gasteiger partial charge in [0.2, 0.25) is 0 Å². The SMILES string of the molecule is COc1ccc(C)c(N(c2ccccc2)C2CC2)c1OC. The maximum Gasteiger partial charge on any atom is 0.184 e. The standard InChI is InChI=1S/C18H21NO2/c1-13-9-12-16(20-2)18(21-3)17(13)19(15-10-11-15)14-7-5-4-6-8-14/h4-9,12,15H,10-11H2,1-3H3. The van der Waals surface area contributed by atoms with Crippen LogP contribution in [0.5, 0.6) is 11.5 Å². The van der Waals surface area contributed by atoms with Crippen LogP contribution in [0.15, 0.2) is 42.5 Å². The van der Waals surface area contributed by atoms with E-state index in [4.69, 9.17) is 9.47 Å². The fourth-order valence-electron chi connectivity index (χ4n) is 2.75. The van der Waals surface area contributed by atoms with Crippen LogP contribution < -0.4 is 14.4 Å². The maximum absolute atomic E-state index is 5.66. The molecule has 0 spiro atoms. The van der Waals surface area contributed by atoms with Gasteiger partial charge in [0.25, 0.3) is 0 Å². The molecule has 0 heterocycles. The van der Waals surface area contributed by atoms with E-state index < -0.39 is 0 Å². The minimum atomic E-state index is 0.548. The average molecular weight is 283 g/mol. The zero-order chi connectivity index (χ0) is 14.8. The van der Waals surface area contributed by atoms with Crippen LogP contribution in [-0.4, -0.2) is 20.3 Å². The van der Waals surface area contributed by atoms with Gasteiger partial charge in [-0.3, -0.25) is 0 Å². The fraction of sp³-hybridized carbons (Fsp3) is 0.333. The van der Waals surface area contributed by atoms with Gasteiger partial charge in [0.15, 0.2) is 11.5 Å². The molecule has 0 amide bonds. The third-order valence-electron chi connectivity index (χ3n) is 3.91. The lowest BCUT2D eigenvalue weighted by Gasteiger charge is -2.29. The highest BCUT2D eigenvalue weighted by Gasteiger charge is 2.33. The molecule has 2 aromatic rings. The van der Waals surface area contributed by atoms with Crippen LogP contribution in [0.2, 0.25) is 0 Å². The van der Waals surface area contributed by atoms with Crippen molar-refractivity contribution >= 4 is 11.4 Å². The van der Waals surface area contributed by atoms with E-state index in [0.717, 1.165) is 17.2 Å². The van der Waals surface area contributed by atoms with Gasteiger partial charge in [0, 0.05) is 11.7 Å². The van der Waals surface area contributed by atoms with Crippen LogP contribution in [0.3, 0.4) is 0 Å². The first kappa shape index (κ1) is 13.8. The Morgan fingerprint density at radius 2 is 1.67 bits per heavy atom. The van der Waals surface area contributed by atoms with E-state index in [1.807, 2.05) is 12.1 Å². The number of benzene rings is 2. The van der Waals surface area contributed by atoms with Gasteiger partial charge in [-0.2, -0.15) is 0 Å². The highest BCUT2D eigenvalue weighted by Crippen LogP contribution is 2.47. The largest absolute Gasteiger partial charge is 0.493 e. The van der Waals surface area contributed by atoms with Crippen molar-refractivity contribution < 1.29 is 9.47 Å². The van der Waals surface area contributed by atoms with E-state index in [1.54, 1.807) is 14.2 Å². The third kappa shape index (κ3) is 2.56. The Kier molecular flexibility index (Phi) is 3.74. The molecule has 1 aliphatic rings. The summed E-state index contributed by atoms with van der Waals surface area (Å²) in [6.07, 6.45) is 2.43. The molecule has 110 valence electrons. The zero-order valence-corrected chi connectivity index (χ0v) is 12.8. The Hall–Kier alpha value is -2.16. The number of methoxy groups -OCH3 is 2. The summed E-state index contributed by atoms with van der Waals surface area (Å²) in [6.45, 7) is 2.12. The monoisotopic (exact) mass is 283 g/mol. The van der Waals surface area contributed by atoms with E-state index >= 15 is 0 Å². The van der Waals surface area contributed by atoms with Crippen molar-refractivity contribution in [1.82, 2.24) is 0 Å². The molecule has 0 aromatic heterocycles. The lowest BCUT2D eigenvalue weighted by atomic mass is 10.1. The van der Waals surface area contributed by atoms with E-state index in [9.17, 15) is 0 Å². The number of rotatable bonds is 5. The summed E-state index contributed by atoms with van der Waals surface area (Å²) in [4.78, 5) is 2.39. The van der Waals surface area contributed by atoms with Gasteiger partial charge >= 0.3 is 0 Å². The van der Waals surface area contributed by atoms with Crippen LogP contribution in [0.25, 0.3) is 0 Å². The number of nitrogens with zero attached hydrogens (tertiary/aromatic N) is 1. The van der Waals surface area contributed by atoms with Crippen LogP contribution in [0, 0.1) is 6.92 Å². The smallest absolute Gasteiger partial charge is 0.184 e. The molecule has 0 N–H and O–H groups in total. The first-order valence-electron chi connectivity index (χ1n) is 7.32. The lowest BCUT2D eigenvalue weighted by Crippen LogP contribution is -2.21. The molecule has 0 radical (unpaired) electrons. The molecule has 0 saturated heterocycles. The second-order valence-corrected chi connectivity index (χ2v) is 5.40. The predicted octanol–water partition coefficient (Wildman–Crippen LogP) is 4.31. The van der Waals surface area contributed by atoms with Gasteiger partial charge in [-0.05, 0) is 43.5 Å². The van der Waals surface area contributed by atoms with Gasteiger partial charge in [-0.15, -0.1) is 0 Å². The fourth-order valence-corrected chi connectivity index (χ4v) is 2.75. The highest BCUT2D eigenvalue weighted by atomic mass is 16.5. The summed E-state index contributed by atoms with van der Waals surface area (Å²) in [7, 11) is 3.39. The zero-order valence-electron chi connectivity index (χ0n) is 12.8. The van der Waals surface area contributed by atoms with Crippen molar-refractivity contribution in [2.45, 2.75) is 25.8 Å². The topological polar surface area (TPSA) is 21.7 Å². The molecule has 0 bridgehead atoms. The van der Waals surface area contributed by atoms with Crippen LogP contribution in [0.4, 0.5) is 11.4 Å². The Morgan fingerprint density at radius 1 is 0.952 bits per heavy atom. The average Bonchev–Trinajstić information content (AvgIpc) is 3.35. The number of hydrogen-bond acceptors (Lipinski definition) is 3. The molecule has 0 atom stereocenters. The summed E-state index contributed by atoms with van der Waals surface area (Å²) in [5, 5.41) is 0. The van der Waals surface area contributed by atoms with E-state index in [0.29, 0.717) is 6.04 Å². The molecule has 1 fully saturated rings. The van der Waals surface area contributed by atoms with E-state index in [1.165, 1.54) is 24.1 Å². The number of hydrogen-bond donors (Lipinski definition) is 0. The second-order valence-electron chi connectivity index (χ2n) is 5.40. The molecule has 0 aliphatic heterocycles. The Bertz CT molecular complexity index is 621. The van der Waals surface area contributed by atoms with Crippen molar-refractivity contribution in [1.29, 1.82) is 0 Å². The number of anilines is 2. The lowest BCUT2D eigenvalue weighted by molar-refractivity contribution is 0.355. The predicted molar refractivity (Wildman–Crippen MR) is 85.9 cm³/mol. The van der Waals surface area contributed by atoms with Crippen LogP contribution in [-0.2, 0) is 0 Å². The normalized spacial score (nSPS) is 13.9. The quantitative estimate of drug-likeness (QED) is 0.816. The van der Waals surface area contributed by atoms with Crippen LogP contribution in [0.1, 0.15) is 18.4 Å². The molecule has 1 saturated carbocycles. The molecule has 3 rings (SSSR count). The molecular weight excluding hydrogens is 262 g/mol.